The molecule has 0 saturated carbocycles. The smallest absolute Gasteiger partial charge is 0.234 e. The Labute approximate surface area is 147 Å². The third-order valence-corrected chi connectivity index (χ3v) is 4.42. The molecule has 1 aromatic rings. The van der Waals surface area contributed by atoms with E-state index in [1.165, 1.54) is 5.56 Å². The van der Waals surface area contributed by atoms with Crippen LogP contribution in [0.5, 0.6) is 0 Å². The summed E-state index contributed by atoms with van der Waals surface area (Å²) in [5.41, 5.74) is 1.17. The Balaban J connectivity index is 0.00000242. The van der Waals surface area contributed by atoms with E-state index in [2.05, 4.69) is 15.5 Å². The standard InChI is InChI=1S/C15H21Cl2N3O.ClH/c1-18-9-15(21)19-12-4-6-20(7-5-12)10-11-2-3-13(16)14(17)8-11;/h2-3,8,12,18H,4-7,9-10H2,1H3,(H,19,21);1H. The zero-order valence-corrected chi connectivity index (χ0v) is 14.9. The van der Waals surface area contributed by atoms with Crippen molar-refractivity contribution in [1.29, 1.82) is 0 Å². The highest BCUT2D eigenvalue weighted by Crippen LogP contribution is 2.24. The number of nitrogens with one attached hydrogen (secondary N) is 2. The van der Waals surface area contributed by atoms with E-state index in [4.69, 9.17) is 23.2 Å². The van der Waals surface area contributed by atoms with Gasteiger partial charge < -0.3 is 10.6 Å². The van der Waals surface area contributed by atoms with Crippen molar-refractivity contribution in [1.82, 2.24) is 15.5 Å². The van der Waals surface area contributed by atoms with Gasteiger partial charge >= 0.3 is 0 Å². The summed E-state index contributed by atoms with van der Waals surface area (Å²) in [4.78, 5) is 13.9. The van der Waals surface area contributed by atoms with Gasteiger partial charge in [0, 0.05) is 25.7 Å². The lowest BCUT2D eigenvalue weighted by atomic mass is 10.0. The molecule has 1 heterocycles. The fourth-order valence-corrected chi connectivity index (χ4v) is 2.89. The second kappa shape index (κ2) is 9.58. The van der Waals surface area contributed by atoms with E-state index in [0.29, 0.717) is 16.6 Å². The van der Waals surface area contributed by atoms with E-state index in [1.54, 1.807) is 7.05 Å². The Morgan fingerprint density at radius 1 is 1.27 bits per heavy atom. The van der Waals surface area contributed by atoms with Crippen LogP contribution in [0.15, 0.2) is 18.2 Å². The molecule has 4 nitrogen and oxygen atoms in total. The van der Waals surface area contributed by atoms with Crippen LogP contribution in [0.4, 0.5) is 0 Å². The lowest BCUT2D eigenvalue weighted by Crippen LogP contribution is -2.46. The van der Waals surface area contributed by atoms with Gasteiger partial charge in [-0.2, -0.15) is 0 Å². The molecule has 0 atom stereocenters. The van der Waals surface area contributed by atoms with Crippen LogP contribution in [0, 0.1) is 0 Å². The van der Waals surface area contributed by atoms with Gasteiger partial charge in [0.1, 0.15) is 0 Å². The molecular formula is C15H22Cl3N3O. The minimum atomic E-state index is 0. The van der Waals surface area contributed by atoms with Crippen LogP contribution >= 0.6 is 35.6 Å². The van der Waals surface area contributed by atoms with Gasteiger partial charge in [0.2, 0.25) is 5.91 Å². The number of amides is 1. The zero-order valence-electron chi connectivity index (χ0n) is 12.6. The molecule has 2 N–H and O–H groups in total. The fourth-order valence-electron chi connectivity index (χ4n) is 2.57. The topological polar surface area (TPSA) is 44.4 Å². The number of piperidine rings is 1. The van der Waals surface area contributed by atoms with E-state index in [0.717, 1.165) is 32.5 Å². The van der Waals surface area contributed by atoms with Crippen molar-refractivity contribution in [2.24, 2.45) is 0 Å². The highest BCUT2D eigenvalue weighted by Gasteiger charge is 2.20. The first-order valence-corrected chi connectivity index (χ1v) is 7.94. The van der Waals surface area contributed by atoms with Crippen molar-refractivity contribution < 1.29 is 4.79 Å². The second-order valence-electron chi connectivity index (χ2n) is 5.40. The van der Waals surface area contributed by atoms with Gasteiger partial charge in [-0.25, -0.2) is 0 Å². The van der Waals surface area contributed by atoms with Crippen molar-refractivity contribution >= 4 is 41.5 Å². The second-order valence-corrected chi connectivity index (χ2v) is 6.21. The molecule has 0 aromatic heterocycles. The summed E-state index contributed by atoms with van der Waals surface area (Å²) in [6, 6.07) is 6.06. The lowest BCUT2D eigenvalue weighted by molar-refractivity contribution is -0.121. The van der Waals surface area contributed by atoms with E-state index >= 15 is 0 Å². The van der Waals surface area contributed by atoms with Gasteiger partial charge in [-0.05, 0) is 37.6 Å². The molecule has 22 heavy (non-hydrogen) atoms. The predicted octanol–water partition coefficient (Wildman–Crippen LogP) is 2.72. The molecule has 1 amide bonds. The average molecular weight is 367 g/mol. The highest BCUT2D eigenvalue weighted by molar-refractivity contribution is 6.42. The number of carbonyl (C=O) groups is 1. The van der Waals surface area contributed by atoms with E-state index in [-0.39, 0.29) is 24.4 Å². The van der Waals surface area contributed by atoms with Gasteiger partial charge in [-0.15, -0.1) is 12.4 Å². The van der Waals surface area contributed by atoms with Crippen LogP contribution in [0.25, 0.3) is 0 Å². The number of likely N-dealkylation sites (N-methyl/N-ethyl adjacent to an activating group) is 1. The van der Waals surface area contributed by atoms with Crippen LogP contribution in [0.2, 0.25) is 10.0 Å². The van der Waals surface area contributed by atoms with E-state index in [9.17, 15) is 4.79 Å². The molecule has 7 heteroatoms. The van der Waals surface area contributed by atoms with Gasteiger partial charge in [0.25, 0.3) is 0 Å². The number of halogens is 3. The van der Waals surface area contributed by atoms with Crippen molar-refractivity contribution in [3.63, 3.8) is 0 Å². The Morgan fingerprint density at radius 2 is 1.95 bits per heavy atom. The van der Waals surface area contributed by atoms with Crippen LogP contribution in [-0.4, -0.2) is 43.5 Å². The summed E-state index contributed by atoms with van der Waals surface area (Å²) in [6.45, 7) is 3.20. The summed E-state index contributed by atoms with van der Waals surface area (Å²) >= 11 is 12.0. The quantitative estimate of drug-likeness (QED) is 0.842. The minimum absolute atomic E-state index is 0. The fraction of sp³-hybridized carbons (Fsp3) is 0.533. The number of hydrogen-bond donors (Lipinski definition) is 2. The molecule has 1 fully saturated rings. The molecule has 1 saturated heterocycles. The van der Waals surface area contributed by atoms with Gasteiger partial charge in [-0.1, -0.05) is 29.3 Å². The Hall–Kier alpha value is -0.520. The first-order valence-electron chi connectivity index (χ1n) is 7.18. The van der Waals surface area contributed by atoms with Crippen molar-refractivity contribution in [3.05, 3.63) is 33.8 Å². The van der Waals surface area contributed by atoms with Crippen LogP contribution in [0.3, 0.4) is 0 Å². The summed E-state index contributed by atoms with van der Waals surface area (Å²) in [5.74, 6) is 0.0698. The largest absolute Gasteiger partial charge is 0.352 e. The van der Waals surface area contributed by atoms with Crippen LogP contribution < -0.4 is 10.6 Å². The molecule has 1 aliphatic heterocycles. The number of rotatable bonds is 5. The Kier molecular flexibility index (Phi) is 8.50. The highest BCUT2D eigenvalue weighted by atomic mass is 35.5. The first-order chi connectivity index (χ1) is 10.1. The number of hydrogen-bond acceptors (Lipinski definition) is 3. The third kappa shape index (κ3) is 5.94. The molecule has 0 spiro atoms. The monoisotopic (exact) mass is 365 g/mol. The van der Waals surface area contributed by atoms with Crippen molar-refractivity contribution in [2.45, 2.75) is 25.4 Å². The molecule has 0 bridgehead atoms. The maximum atomic E-state index is 11.5. The molecular weight excluding hydrogens is 345 g/mol. The van der Waals surface area contributed by atoms with Crippen LogP contribution in [-0.2, 0) is 11.3 Å². The van der Waals surface area contributed by atoms with E-state index < -0.39 is 0 Å². The molecule has 124 valence electrons. The molecule has 2 rings (SSSR count). The summed E-state index contributed by atoms with van der Waals surface area (Å²) in [7, 11) is 1.78. The zero-order chi connectivity index (χ0) is 15.2. The summed E-state index contributed by atoms with van der Waals surface area (Å²) in [6.07, 6.45) is 1.97. The SMILES string of the molecule is CNCC(=O)NC1CCN(Cc2ccc(Cl)c(Cl)c2)CC1.Cl. The maximum absolute atomic E-state index is 11.5. The Morgan fingerprint density at radius 3 is 2.55 bits per heavy atom. The molecule has 1 aliphatic rings. The Bertz CT molecular complexity index is 491. The van der Waals surface area contributed by atoms with E-state index in [1.807, 2.05) is 18.2 Å². The summed E-state index contributed by atoms with van der Waals surface area (Å²) < 4.78 is 0. The molecule has 0 unspecified atom stereocenters. The normalized spacial score (nSPS) is 16.1. The van der Waals surface area contributed by atoms with Gasteiger partial charge in [-0.3, -0.25) is 9.69 Å². The maximum Gasteiger partial charge on any atom is 0.234 e. The number of nitrogens with zero attached hydrogens (tertiary/aromatic N) is 1. The van der Waals surface area contributed by atoms with Gasteiger partial charge in [0.05, 0.1) is 16.6 Å². The third-order valence-electron chi connectivity index (χ3n) is 3.68. The first kappa shape index (κ1) is 19.5. The number of carbonyl (C=O) groups excluding carboxylic acids is 1. The molecule has 0 radical (unpaired) electrons. The van der Waals surface area contributed by atoms with Gasteiger partial charge in [0.15, 0.2) is 0 Å². The number of likely N-dealkylation sites (tertiary alicyclic amines) is 1. The predicted molar refractivity (Wildman–Crippen MR) is 94.1 cm³/mol. The lowest BCUT2D eigenvalue weighted by Gasteiger charge is -2.32. The van der Waals surface area contributed by atoms with Crippen molar-refractivity contribution in [3.8, 4) is 0 Å². The molecule has 1 aromatic carbocycles. The summed E-state index contributed by atoms with van der Waals surface area (Å²) in [5, 5.41) is 7.11. The van der Waals surface area contributed by atoms with Crippen molar-refractivity contribution in [2.75, 3.05) is 26.7 Å². The van der Waals surface area contributed by atoms with Crippen LogP contribution in [0.1, 0.15) is 18.4 Å². The minimum Gasteiger partial charge on any atom is -0.352 e. The number of benzene rings is 1. The molecule has 0 aliphatic carbocycles. The average Bonchev–Trinajstić information content (AvgIpc) is 2.45.